The molecule has 0 aliphatic heterocycles. The minimum Gasteiger partial charge on any atom is -0.356 e. The van der Waals surface area contributed by atoms with Gasteiger partial charge in [0.15, 0.2) is 0 Å². The summed E-state index contributed by atoms with van der Waals surface area (Å²) in [4.78, 5) is 15.4. The van der Waals surface area contributed by atoms with Crippen LogP contribution in [0.15, 0.2) is 18.5 Å². The van der Waals surface area contributed by atoms with Crippen LogP contribution in [-0.2, 0) is 17.9 Å². The third-order valence-electron chi connectivity index (χ3n) is 3.89. The van der Waals surface area contributed by atoms with Gasteiger partial charge in [0.05, 0.1) is 5.02 Å². The van der Waals surface area contributed by atoms with E-state index in [0.717, 1.165) is 35.6 Å². The van der Waals surface area contributed by atoms with Crippen LogP contribution >= 0.6 is 11.6 Å². The minimum atomic E-state index is 0.00727. The average molecular weight is 321 g/mol. The molecular formula is C16H21ClN4O. The molecule has 0 bridgehead atoms. The van der Waals surface area contributed by atoms with E-state index in [2.05, 4.69) is 26.4 Å². The SMILES string of the molecule is CC(=O)NCCCn1cc(CNC2CC2)c2c(Cl)ccnc21. The molecule has 0 atom stereocenters. The van der Waals surface area contributed by atoms with Crippen LogP contribution in [0.1, 0.15) is 31.7 Å². The van der Waals surface area contributed by atoms with E-state index in [4.69, 9.17) is 11.6 Å². The summed E-state index contributed by atoms with van der Waals surface area (Å²) in [6.07, 6.45) is 7.27. The van der Waals surface area contributed by atoms with Crippen molar-refractivity contribution < 1.29 is 4.79 Å². The van der Waals surface area contributed by atoms with Gasteiger partial charge in [0.1, 0.15) is 5.65 Å². The van der Waals surface area contributed by atoms with E-state index in [9.17, 15) is 4.79 Å². The van der Waals surface area contributed by atoms with E-state index in [-0.39, 0.29) is 5.91 Å². The van der Waals surface area contributed by atoms with Gasteiger partial charge in [-0.25, -0.2) is 4.98 Å². The Bertz CT molecular complexity index is 678. The fraction of sp³-hybridized carbons (Fsp3) is 0.500. The standard InChI is InChI=1S/C16H21ClN4O/c1-11(22)18-6-2-8-21-10-12(9-20-13-3-4-13)15-14(17)5-7-19-16(15)21/h5,7,10,13,20H,2-4,6,8-9H2,1H3,(H,18,22). The first kappa shape index (κ1) is 15.3. The summed E-state index contributed by atoms with van der Waals surface area (Å²) in [6.45, 7) is 3.85. The average Bonchev–Trinajstić information content (AvgIpc) is 3.24. The van der Waals surface area contributed by atoms with E-state index >= 15 is 0 Å². The molecule has 2 aromatic heterocycles. The molecule has 2 N–H and O–H groups in total. The molecule has 0 saturated heterocycles. The molecule has 2 aromatic rings. The van der Waals surface area contributed by atoms with Gasteiger partial charge >= 0.3 is 0 Å². The lowest BCUT2D eigenvalue weighted by Gasteiger charge is -2.05. The summed E-state index contributed by atoms with van der Waals surface area (Å²) in [5.74, 6) is 0.00727. The minimum absolute atomic E-state index is 0.00727. The zero-order valence-corrected chi connectivity index (χ0v) is 13.5. The number of amides is 1. The number of carbonyl (C=O) groups is 1. The third-order valence-corrected chi connectivity index (χ3v) is 4.21. The van der Waals surface area contributed by atoms with Gasteiger partial charge in [-0.2, -0.15) is 0 Å². The molecule has 22 heavy (non-hydrogen) atoms. The van der Waals surface area contributed by atoms with Gasteiger partial charge in [-0.05, 0) is 30.9 Å². The predicted molar refractivity (Wildman–Crippen MR) is 87.9 cm³/mol. The maximum absolute atomic E-state index is 10.9. The molecule has 6 heteroatoms. The molecule has 3 rings (SSSR count). The lowest BCUT2D eigenvalue weighted by molar-refractivity contribution is -0.118. The molecular weight excluding hydrogens is 300 g/mol. The number of rotatable bonds is 7. The summed E-state index contributed by atoms with van der Waals surface area (Å²) >= 11 is 6.37. The number of aryl methyl sites for hydroxylation is 1. The first-order chi connectivity index (χ1) is 10.6. The Morgan fingerprint density at radius 1 is 1.50 bits per heavy atom. The maximum Gasteiger partial charge on any atom is 0.216 e. The van der Waals surface area contributed by atoms with Gasteiger partial charge in [0.25, 0.3) is 0 Å². The van der Waals surface area contributed by atoms with Crippen LogP contribution in [0.25, 0.3) is 11.0 Å². The molecule has 1 fully saturated rings. The molecule has 5 nitrogen and oxygen atoms in total. The fourth-order valence-electron chi connectivity index (χ4n) is 2.62. The van der Waals surface area contributed by atoms with Crippen LogP contribution in [0.4, 0.5) is 0 Å². The molecule has 0 unspecified atom stereocenters. The Balaban J connectivity index is 1.76. The normalized spacial score (nSPS) is 14.5. The van der Waals surface area contributed by atoms with Crippen molar-refractivity contribution in [1.82, 2.24) is 20.2 Å². The van der Waals surface area contributed by atoms with E-state index in [1.165, 1.54) is 25.3 Å². The van der Waals surface area contributed by atoms with Crippen molar-refractivity contribution in [2.75, 3.05) is 6.54 Å². The van der Waals surface area contributed by atoms with E-state index in [1.54, 1.807) is 6.20 Å². The molecule has 1 aliphatic carbocycles. The highest BCUT2D eigenvalue weighted by Gasteiger charge is 2.21. The number of aromatic nitrogens is 2. The molecule has 1 amide bonds. The Kier molecular flexibility index (Phi) is 4.64. The zero-order valence-electron chi connectivity index (χ0n) is 12.7. The van der Waals surface area contributed by atoms with Gasteiger partial charge in [0, 0.05) is 50.4 Å². The number of pyridine rings is 1. The number of hydrogen-bond acceptors (Lipinski definition) is 3. The van der Waals surface area contributed by atoms with Crippen LogP contribution in [-0.4, -0.2) is 28.0 Å². The second-order valence-electron chi connectivity index (χ2n) is 5.83. The van der Waals surface area contributed by atoms with Crippen LogP contribution in [0.3, 0.4) is 0 Å². The molecule has 0 spiro atoms. The monoisotopic (exact) mass is 320 g/mol. The highest BCUT2D eigenvalue weighted by atomic mass is 35.5. The van der Waals surface area contributed by atoms with Gasteiger partial charge in [-0.1, -0.05) is 11.6 Å². The number of fused-ring (bicyclic) bond motifs is 1. The second kappa shape index (κ2) is 6.67. The van der Waals surface area contributed by atoms with Gasteiger partial charge in [-0.15, -0.1) is 0 Å². The Morgan fingerprint density at radius 2 is 2.32 bits per heavy atom. The molecule has 0 aromatic carbocycles. The third kappa shape index (κ3) is 3.59. The van der Waals surface area contributed by atoms with Crippen LogP contribution in [0, 0.1) is 0 Å². The van der Waals surface area contributed by atoms with Crippen molar-refractivity contribution in [3.05, 3.63) is 29.0 Å². The van der Waals surface area contributed by atoms with Crippen molar-refractivity contribution in [3.63, 3.8) is 0 Å². The quantitative estimate of drug-likeness (QED) is 0.770. The largest absolute Gasteiger partial charge is 0.356 e. The number of carbonyl (C=O) groups excluding carboxylic acids is 1. The molecule has 0 radical (unpaired) electrons. The van der Waals surface area contributed by atoms with E-state index in [1.807, 2.05) is 6.07 Å². The highest BCUT2D eigenvalue weighted by Crippen LogP contribution is 2.28. The summed E-state index contributed by atoms with van der Waals surface area (Å²) in [6, 6.07) is 2.50. The Hall–Kier alpha value is -1.59. The second-order valence-corrected chi connectivity index (χ2v) is 6.24. The van der Waals surface area contributed by atoms with Crippen molar-refractivity contribution in [2.24, 2.45) is 0 Å². The Labute approximate surface area is 135 Å². The first-order valence-corrected chi connectivity index (χ1v) is 8.13. The number of nitrogens with one attached hydrogen (secondary N) is 2. The number of halogens is 1. The summed E-state index contributed by atoms with van der Waals surface area (Å²) in [5, 5.41) is 8.14. The first-order valence-electron chi connectivity index (χ1n) is 7.75. The Morgan fingerprint density at radius 3 is 3.05 bits per heavy atom. The van der Waals surface area contributed by atoms with Crippen molar-refractivity contribution in [1.29, 1.82) is 0 Å². The molecule has 1 aliphatic rings. The predicted octanol–water partition coefficient (Wildman–Crippen LogP) is 2.47. The lowest BCUT2D eigenvalue weighted by atomic mass is 10.2. The van der Waals surface area contributed by atoms with Crippen molar-refractivity contribution >= 4 is 28.5 Å². The molecule has 1 saturated carbocycles. The highest BCUT2D eigenvalue weighted by molar-refractivity contribution is 6.35. The topological polar surface area (TPSA) is 59.0 Å². The number of nitrogens with zero attached hydrogens (tertiary/aromatic N) is 2. The lowest BCUT2D eigenvalue weighted by Crippen LogP contribution is -2.21. The van der Waals surface area contributed by atoms with E-state index in [0.29, 0.717) is 12.6 Å². The fourth-order valence-corrected chi connectivity index (χ4v) is 2.88. The summed E-state index contributed by atoms with van der Waals surface area (Å²) in [5.41, 5.74) is 2.11. The van der Waals surface area contributed by atoms with E-state index < -0.39 is 0 Å². The maximum atomic E-state index is 10.9. The van der Waals surface area contributed by atoms with Crippen LogP contribution in [0.5, 0.6) is 0 Å². The van der Waals surface area contributed by atoms with Crippen LogP contribution in [0.2, 0.25) is 5.02 Å². The van der Waals surface area contributed by atoms with Crippen molar-refractivity contribution in [3.8, 4) is 0 Å². The summed E-state index contributed by atoms with van der Waals surface area (Å²) in [7, 11) is 0. The van der Waals surface area contributed by atoms with Crippen molar-refractivity contribution in [2.45, 2.75) is 45.3 Å². The molecule has 118 valence electrons. The van der Waals surface area contributed by atoms with Gasteiger partial charge in [-0.3, -0.25) is 4.79 Å². The number of hydrogen-bond donors (Lipinski definition) is 2. The summed E-state index contributed by atoms with van der Waals surface area (Å²) < 4.78 is 2.13. The zero-order chi connectivity index (χ0) is 15.5. The van der Waals surface area contributed by atoms with Crippen LogP contribution < -0.4 is 10.6 Å². The van der Waals surface area contributed by atoms with Gasteiger partial charge < -0.3 is 15.2 Å². The smallest absolute Gasteiger partial charge is 0.216 e. The molecule has 2 heterocycles. The van der Waals surface area contributed by atoms with Gasteiger partial charge in [0.2, 0.25) is 5.91 Å².